The normalized spacial score (nSPS) is 16.8. The molecule has 1 aliphatic heterocycles. The molecule has 3 rings (SSSR count). The van der Waals surface area contributed by atoms with Crippen molar-refractivity contribution in [2.24, 2.45) is 5.92 Å². The molecule has 1 saturated heterocycles. The maximum atomic E-state index is 13.0. The number of rotatable bonds is 5. The highest BCUT2D eigenvalue weighted by atomic mass is 19.1. The van der Waals surface area contributed by atoms with E-state index >= 15 is 0 Å². The summed E-state index contributed by atoms with van der Waals surface area (Å²) in [6.45, 7) is 3.87. The molecule has 134 valence electrons. The Kier molecular flexibility index (Phi) is 5.48. The average molecular weight is 345 g/mol. The second-order valence-corrected chi connectivity index (χ2v) is 6.75. The van der Waals surface area contributed by atoms with Crippen LogP contribution in [0.3, 0.4) is 0 Å². The zero-order valence-electron chi connectivity index (χ0n) is 14.4. The molecular formula is C19H24FN3O2. The number of aromatic nitrogens is 2. The van der Waals surface area contributed by atoms with E-state index in [9.17, 15) is 14.3 Å². The molecule has 2 heterocycles. The van der Waals surface area contributed by atoms with Crippen molar-refractivity contribution in [1.82, 2.24) is 14.7 Å². The molecule has 0 spiro atoms. The molecule has 0 aliphatic carbocycles. The molecule has 1 fully saturated rings. The summed E-state index contributed by atoms with van der Waals surface area (Å²) in [6.07, 6.45) is 5.05. The number of halogens is 1. The summed E-state index contributed by atoms with van der Waals surface area (Å²) in [5, 5.41) is 14.7. The van der Waals surface area contributed by atoms with E-state index < -0.39 is 6.10 Å². The number of aliphatic hydroxyl groups excluding tert-OH is 1. The number of nitrogens with zero attached hydrogens (tertiary/aromatic N) is 3. The SMILES string of the molecule is Cc1cnn(CCC(=O)N2CCC(C(O)c3ccc(F)cc3)CC2)c1. The molecule has 5 nitrogen and oxygen atoms in total. The summed E-state index contributed by atoms with van der Waals surface area (Å²) < 4.78 is 14.8. The van der Waals surface area contributed by atoms with Crippen molar-refractivity contribution in [2.75, 3.05) is 13.1 Å². The minimum atomic E-state index is -0.607. The maximum Gasteiger partial charge on any atom is 0.224 e. The van der Waals surface area contributed by atoms with Crippen LogP contribution in [0.15, 0.2) is 36.7 Å². The fourth-order valence-corrected chi connectivity index (χ4v) is 3.35. The number of hydrogen-bond donors (Lipinski definition) is 1. The van der Waals surface area contributed by atoms with Gasteiger partial charge in [-0.1, -0.05) is 12.1 Å². The van der Waals surface area contributed by atoms with E-state index in [2.05, 4.69) is 5.10 Å². The second kappa shape index (κ2) is 7.78. The highest BCUT2D eigenvalue weighted by Gasteiger charge is 2.28. The highest BCUT2D eigenvalue weighted by Crippen LogP contribution is 2.31. The lowest BCUT2D eigenvalue weighted by Gasteiger charge is -2.34. The summed E-state index contributed by atoms with van der Waals surface area (Å²) in [7, 11) is 0. The van der Waals surface area contributed by atoms with Gasteiger partial charge in [0.1, 0.15) is 5.82 Å². The number of likely N-dealkylation sites (tertiary alicyclic amines) is 1. The van der Waals surface area contributed by atoms with E-state index in [0.29, 0.717) is 26.1 Å². The van der Waals surface area contributed by atoms with Gasteiger partial charge in [-0.2, -0.15) is 5.10 Å². The number of amides is 1. The van der Waals surface area contributed by atoms with Crippen molar-refractivity contribution in [2.45, 2.75) is 38.8 Å². The van der Waals surface area contributed by atoms with Crippen LogP contribution >= 0.6 is 0 Å². The molecule has 0 bridgehead atoms. The third-order valence-corrected chi connectivity index (χ3v) is 4.87. The number of piperidine rings is 1. The van der Waals surface area contributed by atoms with Crippen molar-refractivity contribution in [1.29, 1.82) is 0 Å². The largest absolute Gasteiger partial charge is 0.388 e. The van der Waals surface area contributed by atoms with Crippen molar-refractivity contribution >= 4 is 5.91 Å². The van der Waals surface area contributed by atoms with Crippen LogP contribution in [0, 0.1) is 18.7 Å². The van der Waals surface area contributed by atoms with Crippen LogP contribution in [0.25, 0.3) is 0 Å². The van der Waals surface area contributed by atoms with E-state index in [1.54, 1.807) is 23.0 Å². The number of aryl methyl sites for hydroxylation is 2. The lowest BCUT2D eigenvalue weighted by molar-refractivity contribution is -0.133. The number of aliphatic hydroxyl groups is 1. The standard InChI is InChI=1S/C19H24FN3O2/c1-14-12-21-23(13-14)11-8-18(24)22-9-6-16(7-10-22)19(25)15-2-4-17(20)5-3-15/h2-5,12-13,16,19,25H,6-11H2,1H3. The van der Waals surface area contributed by atoms with Crippen molar-refractivity contribution < 1.29 is 14.3 Å². The zero-order chi connectivity index (χ0) is 17.8. The van der Waals surface area contributed by atoms with Crippen LogP contribution in [0.2, 0.25) is 0 Å². The first-order valence-electron chi connectivity index (χ1n) is 8.73. The molecule has 0 radical (unpaired) electrons. The number of carbonyl (C=O) groups is 1. The van der Waals surface area contributed by atoms with E-state index in [-0.39, 0.29) is 17.6 Å². The monoisotopic (exact) mass is 345 g/mol. The highest BCUT2D eigenvalue weighted by molar-refractivity contribution is 5.76. The Bertz CT molecular complexity index is 706. The Labute approximate surface area is 147 Å². The molecule has 1 aliphatic rings. The fraction of sp³-hybridized carbons (Fsp3) is 0.474. The molecular weight excluding hydrogens is 321 g/mol. The summed E-state index contributed by atoms with van der Waals surface area (Å²) in [5.74, 6) is -0.0742. The third-order valence-electron chi connectivity index (χ3n) is 4.87. The van der Waals surface area contributed by atoms with Gasteiger partial charge >= 0.3 is 0 Å². The topological polar surface area (TPSA) is 58.4 Å². The van der Waals surface area contributed by atoms with Gasteiger partial charge < -0.3 is 10.0 Å². The van der Waals surface area contributed by atoms with Crippen molar-refractivity contribution in [3.63, 3.8) is 0 Å². The van der Waals surface area contributed by atoms with E-state index in [0.717, 1.165) is 24.0 Å². The summed E-state index contributed by atoms with van der Waals surface area (Å²) in [4.78, 5) is 14.2. The minimum Gasteiger partial charge on any atom is -0.388 e. The molecule has 1 aromatic heterocycles. The molecule has 1 N–H and O–H groups in total. The first-order chi connectivity index (χ1) is 12.0. The van der Waals surface area contributed by atoms with Crippen LogP contribution in [-0.2, 0) is 11.3 Å². The predicted molar refractivity (Wildman–Crippen MR) is 92.2 cm³/mol. The van der Waals surface area contributed by atoms with Crippen molar-refractivity contribution in [3.8, 4) is 0 Å². The average Bonchev–Trinajstić information content (AvgIpc) is 3.05. The summed E-state index contributed by atoms with van der Waals surface area (Å²) in [5.41, 5.74) is 1.82. The first-order valence-corrected chi connectivity index (χ1v) is 8.73. The molecule has 25 heavy (non-hydrogen) atoms. The van der Waals surface area contributed by atoms with E-state index in [4.69, 9.17) is 0 Å². The zero-order valence-corrected chi connectivity index (χ0v) is 14.4. The quantitative estimate of drug-likeness (QED) is 0.906. The van der Waals surface area contributed by atoms with Gasteiger partial charge in [-0.05, 0) is 48.9 Å². The van der Waals surface area contributed by atoms with Gasteiger partial charge in [0.2, 0.25) is 5.91 Å². The van der Waals surface area contributed by atoms with Gasteiger partial charge in [0, 0.05) is 32.3 Å². The third kappa shape index (κ3) is 4.45. The molecule has 1 amide bonds. The Morgan fingerprint density at radius 2 is 2.00 bits per heavy atom. The van der Waals surface area contributed by atoms with E-state index in [1.807, 2.05) is 18.0 Å². The Morgan fingerprint density at radius 1 is 1.32 bits per heavy atom. The second-order valence-electron chi connectivity index (χ2n) is 6.75. The Morgan fingerprint density at radius 3 is 2.60 bits per heavy atom. The molecule has 1 aromatic carbocycles. The first kappa shape index (κ1) is 17.6. The van der Waals surface area contributed by atoms with E-state index in [1.165, 1.54) is 12.1 Å². The Balaban J connectivity index is 1.47. The lowest BCUT2D eigenvalue weighted by atomic mass is 9.87. The summed E-state index contributed by atoms with van der Waals surface area (Å²) >= 11 is 0. The number of benzene rings is 1. The Hall–Kier alpha value is -2.21. The van der Waals surface area contributed by atoms with Gasteiger partial charge in [0.15, 0.2) is 0 Å². The molecule has 1 unspecified atom stereocenters. The molecule has 2 aromatic rings. The smallest absolute Gasteiger partial charge is 0.224 e. The van der Waals surface area contributed by atoms with Crippen LogP contribution < -0.4 is 0 Å². The van der Waals surface area contributed by atoms with Crippen LogP contribution in [0.1, 0.15) is 36.5 Å². The van der Waals surface area contributed by atoms with Gasteiger partial charge in [0.05, 0.1) is 12.3 Å². The lowest BCUT2D eigenvalue weighted by Crippen LogP contribution is -2.40. The molecule has 6 heteroatoms. The fourth-order valence-electron chi connectivity index (χ4n) is 3.35. The van der Waals surface area contributed by atoms with Crippen LogP contribution in [0.4, 0.5) is 4.39 Å². The minimum absolute atomic E-state index is 0.100. The number of carbonyl (C=O) groups excluding carboxylic acids is 1. The maximum absolute atomic E-state index is 13.0. The predicted octanol–water partition coefficient (Wildman–Crippen LogP) is 2.69. The van der Waals surface area contributed by atoms with Gasteiger partial charge in [-0.3, -0.25) is 9.48 Å². The summed E-state index contributed by atoms with van der Waals surface area (Å²) in [6, 6.07) is 6.00. The van der Waals surface area contributed by atoms with Gasteiger partial charge in [-0.15, -0.1) is 0 Å². The number of hydrogen-bond acceptors (Lipinski definition) is 3. The van der Waals surface area contributed by atoms with Crippen LogP contribution in [-0.4, -0.2) is 38.8 Å². The molecule has 1 atom stereocenters. The van der Waals surface area contributed by atoms with Crippen LogP contribution in [0.5, 0.6) is 0 Å². The van der Waals surface area contributed by atoms with Gasteiger partial charge in [-0.25, -0.2) is 4.39 Å². The van der Waals surface area contributed by atoms with Crippen molar-refractivity contribution in [3.05, 3.63) is 53.6 Å². The van der Waals surface area contributed by atoms with Gasteiger partial charge in [0.25, 0.3) is 0 Å². The molecule has 0 saturated carbocycles.